The highest BCUT2D eigenvalue weighted by Crippen LogP contribution is 2.25. The average molecular weight is 493 g/mol. The molecule has 0 saturated carbocycles. The maximum absolute atomic E-state index is 12.8. The Morgan fingerprint density at radius 3 is 2.64 bits per heavy atom. The van der Waals surface area contributed by atoms with Gasteiger partial charge in [0, 0.05) is 18.8 Å². The zero-order valence-corrected chi connectivity index (χ0v) is 20.2. The number of nitrogens with one attached hydrogen (secondary N) is 1. The summed E-state index contributed by atoms with van der Waals surface area (Å²) in [5, 5.41) is 2.97. The molecular formula is C24H29ClN2O5S. The predicted octanol–water partition coefficient (Wildman–Crippen LogP) is 4.13. The minimum atomic E-state index is -3.44. The molecule has 2 aromatic carbocycles. The van der Waals surface area contributed by atoms with Crippen molar-refractivity contribution < 1.29 is 22.7 Å². The van der Waals surface area contributed by atoms with E-state index >= 15 is 0 Å². The van der Waals surface area contributed by atoms with E-state index in [9.17, 15) is 18.0 Å². The summed E-state index contributed by atoms with van der Waals surface area (Å²) in [6.45, 7) is 2.53. The molecule has 1 aliphatic rings. The van der Waals surface area contributed by atoms with Crippen molar-refractivity contribution >= 4 is 39.2 Å². The largest absolute Gasteiger partial charge is 0.462 e. The Kier molecular flexibility index (Phi) is 8.88. The number of amides is 1. The van der Waals surface area contributed by atoms with E-state index in [2.05, 4.69) is 5.32 Å². The van der Waals surface area contributed by atoms with Gasteiger partial charge in [-0.15, -0.1) is 0 Å². The molecule has 7 nitrogen and oxygen atoms in total. The van der Waals surface area contributed by atoms with Crippen LogP contribution in [0.1, 0.15) is 42.1 Å². The molecule has 1 aliphatic heterocycles. The van der Waals surface area contributed by atoms with Crippen LogP contribution >= 0.6 is 11.6 Å². The number of sulfonamides is 1. The Balaban J connectivity index is 1.56. The van der Waals surface area contributed by atoms with E-state index in [4.69, 9.17) is 16.3 Å². The number of carbonyl (C=O) groups is 2. The monoisotopic (exact) mass is 492 g/mol. The number of esters is 1. The summed E-state index contributed by atoms with van der Waals surface area (Å²) in [4.78, 5) is 24.7. The molecule has 0 spiro atoms. The third-order valence-corrected chi connectivity index (χ3v) is 7.83. The molecule has 33 heavy (non-hydrogen) atoms. The van der Waals surface area contributed by atoms with E-state index < -0.39 is 21.9 Å². The second-order valence-corrected chi connectivity index (χ2v) is 10.5. The molecule has 0 aromatic heterocycles. The lowest BCUT2D eigenvalue weighted by molar-refractivity contribution is -0.120. The van der Waals surface area contributed by atoms with Gasteiger partial charge in [0.25, 0.3) is 0 Å². The zero-order valence-electron chi connectivity index (χ0n) is 18.6. The van der Waals surface area contributed by atoms with Crippen molar-refractivity contribution in [3.8, 4) is 0 Å². The Hall–Kier alpha value is -2.42. The van der Waals surface area contributed by atoms with E-state index in [1.165, 1.54) is 16.4 Å². The number of ether oxygens (including phenoxy) is 1. The molecule has 0 aliphatic carbocycles. The Bertz CT molecular complexity index is 1080. The van der Waals surface area contributed by atoms with Crippen LogP contribution in [0, 0.1) is 5.92 Å². The highest BCUT2D eigenvalue weighted by atomic mass is 35.5. The number of piperidine rings is 1. The van der Waals surface area contributed by atoms with Crippen LogP contribution in [0.5, 0.6) is 0 Å². The van der Waals surface area contributed by atoms with Gasteiger partial charge in [0.15, 0.2) is 0 Å². The van der Waals surface area contributed by atoms with E-state index in [1.807, 2.05) is 30.3 Å². The molecule has 1 atom stereocenters. The van der Waals surface area contributed by atoms with Crippen molar-refractivity contribution in [1.29, 1.82) is 0 Å². The normalized spacial score (nSPS) is 16.8. The van der Waals surface area contributed by atoms with E-state index in [0.29, 0.717) is 37.9 Å². The van der Waals surface area contributed by atoms with Crippen LogP contribution in [-0.2, 0) is 26.0 Å². The van der Waals surface area contributed by atoms with E-state index in [0.717, 1.165) is 5.56 Å². The van der Waals surface area contributed by atoms with Crippen LogP contribution in [0.3, 0.4) is 0 Å². The van der Waals surface area contributed by atoms with Gasteiger partial charge in [-0.05, 0) is 56.4 Å². The van der Waals surface area contributed by atoms with Crippen molar-refractivity contribution in [3.63, 3.8) is 0 Å². The van der Waals surface area contributed by atoms with E-state index in [-0.39, 0.29) is 35.4 Å². The van der Waals surface area contributed by atoms with Crippen molar-refractivity contribution in [1.82, 2.24) is 4.31 Å². The third kappa shape index (κ3) is 7.03. The van der Waals surface area contributed by atoms with Gasteiger partial charge in [0.1, 0.15) is 0 Å². The molecule has 1 heterocycles. The minimum Gasteiger partial charge on any atom is -0.462 e. The summed E-state index contributed by atoms with van der Waals surface area (Å²) in [6, 6.07) is 14.4. The average Bonchev–Trinajstić information content (AvgIpc) is 2.80. The number of benzene rings is 2. The van der Waals surface area contributed by atoms with Gasteiger partial charge in [-0.1, -0.05) is 41.9 Å². The molecule has 1 N–H and O–H groups in total. The summed E-state index contributed by atoms with van der Waals surface area (Å²) in [6.07, 6.45) is 2.46. The fourth-order valence-corrected chi connectivity index (χ4v) is 5.69. The number of nitrogens with zero attached hydrogens (tertiary/aromatic N) is 1. The maximum Gasteiger partial charge on any atom is 0.339 e. The first-order valence-electron chi connectivity index (χ1n) is 11.1. The number of halogens is 1. The molecule has 2 aromatic rings. The van der Waals surface area contributed by atoms with Gasteiger partial charge < -0.3 is 10.1 Å². The summed E-state index contributed by atoms with van der Waals surface area (Å²) in [5.41, 5.74) is 1.78. The molecule has 0 bridgehead atoms. The van der Waals surface area contributed by atoms with Crippen molar-refractivity contribution in [2.75, 3.05) is 30.8 Å². The van der Waals surface area contributed by atoms with Crippen molar-refractivity contribution in [2.45, 2.75) is 32.6 Å². The number of rotatable bonds is 9. The lowest BCUT2D eigenvalue weighted by Gasteiger charge is -2.31. The fourth-order valence-electron chi connectivity index (χ4n) is 3.85. The number of hydrogen-bond donors (Lipinski definition) is 1. The highest BCUT2D eigenvalue weighted by molar-refractivity contribution is 7.89. The van der Waals surface area contributed by atoms with Gasteiger partial charge in [-0.2, -0.15) is 0 Å². The summed E-state index contributed by atoms with van der Waals surface area (Å²) in [7, 11) is -3.44. The SMILES string of the molecule is CCOC(=O)c1ccc(NC(=O)[C@@H]2CCCN(S(=O)(=O)CCCc3ccccc3)C2)cc1Cl. The van der Waals surface area contributed by atoms with Gasteiger partial charge in [0.2, 0.25) is 15.9 Å². The van der Waals surface area contributed by atoms with E-state index in [1.54, 1.807) is 13.0 Å². The molecular weight excluding hydrogens is 464 g/mol. The van der Waals surface area contributed by atoms with Gasteiger partial charge in [0.05, 0.1) is 28.9 Å². The van der Waals surface area contributed by atoms with Crippen molar-refractivity contribution in [3.05, 3.63) is 64.7 Å². The molecule has 0 radical (unpaired) electrons. The lowest BCUT2D eigenvalue weighted by Crippen LogP contribution is -2.44. The topological polar surface area (TPSA) is 92.8 Å². The summed E-state index contributed by atoms with van der Waals surface area (Å²) in [5.74, 6) is -1.19. The lowest BCUT2D eigenvalue weighted by atomic mass is 9.98. The van der Waals surface area contributed by atoms with Crippen LogP contribution in [0.4, 0.5) is 5.69 Å². The first-order valence-corrected chi connectivity index (χ1v) is 13.1. The molecule has 1 fully saturated rings. The Morgan fingerprint density at radius 2 is 1.94 bits per heavy atom. The molecule has 1 amide bonds. The third-order valence-electron chi connectivity index (χ3n) is 5.59. The Labute approximate surface area is 200 Å². The smallest absolute Gasteiger partial charge is 0.339 e. The van der Waals surface area contributed by atoms with Gasteiger partial charge in [-0.25, -0.2) is 17.5 Å². The van der Waals surface area contributed by atoms with Gasteiger partial charge in [-0.3, -0.25) is 4.79 Å². The van der Waals surface area contributed by atoms with Crippen LogP contribution in [0.15, 0.2) is 48.5 Å². The minimum absolute atomic E-state index is 0.0567. The standard InChI is InChI=1S/C24H29ClN2O5S/c1-2-32-24(29)21-13-12-20(16-22(21)25)26-23(28)19-11-6-14-27(17-19)33(30,31)15-7-10-18-8-4-3-5-9-18/h3-5,8-9,12-13,16,19H,2,6-7,10-11,14-15,17H2,1H3,(H,26,28)/t19-/m1/s1. The summed E-state index contributed by atoms with van der Waals surface area (Å²) >= 11 is 6.17. The number of aryl methyl sites for hydroxylation is 1. The van der Waals surface area contributed by atoms with Crippen LogP contribution in [0.25, 0.3) is 0 Å². The second kappa shape index (κ2) is 11.6. The summed E-state index contributed by atoms with van der Waals surface area (Å²) < 4.78 is 32.1. The highest BCUT2D eigenvalue weighted by Gasteiger charge is 2.32. The number of hydrogen-bond acceptors (Lipinski definition) is 5. The predicted molar refractivity (Wildman–Crippen MR) is 129 cm³/mol. The van der Waals surface area contributed by atoms with Crippen LogP contribution in [-0.4, -0.2) is 50.0 Å². The van der Waals surface area contributed by atoms with Crippen molar-refractivity contribution in [2.24, 2.45) is 5.92 Å². The molecule has 3 rings (SSSR count). The van der Waals surface area contributed by atoms with Crippen LogP contribution in [0.2, 0.25) is 5.02 Å². The molecule has 1 saturated heterocycles. The maximum atomic E-state index is 12.8. The first-order chi connectivity index (χ1) is 15.8. The van der Waals surface area contributed by atoms with Crippen LogP contribution < -0.4 is 5.32 Å². The second-order valence-electron chi connectivity index (χ2n) is 8.01. The fraction of sp³-hybridized carbons (Fsp3) is 0.417. The number of anilines is 1. The molecule has 178 valence electrons. The first kappa shape index (κ1) is 25.2. The van der Waals surface area contributed by atoms with Gasteiger partial charge >= 0.3 is 5.97 Å². The zero-order chi connectivity index (χ0) is 23.8. The molecule has 9 heteroatoms. The number of carbonyl (C=O) groups excluding carboxylic acids is 2. The quantitative estimate of drug-likeness (QED) is 0.531. The molecule has 0 unspecified atom stereocenters. The Morgan fingerprint density at radius 1 is 1.18 bits per heavy atom.